The van der Waals surface area contributed by atoms with Crippen LogP contribution in [0.15, 0.2) is 0 Å². The van der Waals surface area contributed by atoms with Crippen molar-refractivity contribution < 1.29 is 19.1 Å². The zero-order valence-corrected chi connectivity index (χ0v) is 21.8. The van der Waals surface area contributed by atoms with Gasteiger partial charge in [0, 0.05) is 23.9 Å². The highest BCUT2D eigenvalue weighted by Crippen LogP contribution is 2.32. The number of carbonyl (C=O) groups excluding carboxylic acids is 3. The number of likely N-dealkylation sites (tertiary alicyclic amines) is 1. The smallest absolute Gasteiger partial charge is 0.407 e. The number of ether oxygens (including phenoxy) is 1. The van der Waals surface area contributed by atoms with Gasteiger partial charge in [0.15, 0.2) is 0 Å². The van der Waals surface area contributed by atoms with Gasteiger partial charge < -0.3 is 26.0 Å². The van der Waals surface area contributed by atoms with E-state index in [2.05, 4.69) is 24.5 Å². The number of thioether (sulfide) groups is 1. The Morgan fingerprint density at radius 2 is 1.82 bits per heavy atom. The maximum Gasteiger partial charge on any atom is 0.407 e. The summed E-state index contributed by atoms with van der Waals surface area (Å²) in [6.07, 6.45) is 4.86. The average Bonchev–Trinajstić information content (AvgIpc) is 3.25. The molecule has 0 aromatic rings. The number of amides is 3. The first-order valence-corrected chi connectivity index (χ1v) is 13.4. The van der Waals surface area contributed by atoms with Gasteiger partial charge >= 0.3 is 6.09 Å². The SMILES string of the molecule is CCOC(=O)NC(C(=O)N1CCCC1C(=O)NCC1CCC(N)CC1)C(C)(C)SCC(C)C. The summed E-state index contributed by atoms with van der Waals surface area (Å²) in [5.74, 6) is 1.44. The van der Waals surface area contributed by atoms with Crippen molar-refractivity contribution >= 4 is 29.7 Å². The minimum absolute atomic E-state index is 0.0988. The van der Waals surface area contributed by atoms with Crippen molar-refractivity contribution in [2.24, 2.45) is 17.6 Å². The van der Waals surface area contributed by atoms with Crippen molar-refractivity contribution in [1.82, 2.24) is 15.5 Å². The van der Waals surface area contributed by atoms with Gasteiger partial charge in [-0.1, -0.05) is 13.8 Å². The lowest BCUT2D eigenvalue weighted by atomic mass is 9.86. The number of nitrogens with one attached hydrogen (secondary N) is 2. The molecule has 2 rings (SSSR count). The van der Waals surface area contributed by atoms with Gasteiger partial charge in [0.25, 0.3) is 0 Å². The first kappa shape index (κ1) is 27.8. The third-order valence-electron chi connectivity index (χ3n) is 6.56. The fourth-order valence-corrected chi connectivity index (χ4v) is 5.60. The number of hydrogen-bond donors (Lipinski definition) is 3. The van der Waals surface area contributed by atoms with Crippen molar-refractivity contribution in [3.8, 4) is 0 Å². The van der Waals surface area contributed by atoms with Crippen LogP contribution in [0.4, 0.5) is 4.79 Å². The van der Waals surface area contributed by atoms with Gasteiger partial charge in [-0.2, -0.15) is 11.8 Å². The molecule has 0 aromatic heterocycles. The summed E-state index contributed by atoms with van der Waals surface area (Å²) in [4.78, 5) is 40.6. The number of nitrogens with two attached hydrogens (primary N) is 1. The molecule has 33 heavy (non-hydrogen) atoms. The molecule has 2 fully saturated rings. The fraction of sp³-hybridized carbons (Fsp3) is 0.875. The van der Waals surface area contributed by atoms with Gasteiger partial charge in [0.2, 0.25) is 11.8 Å². The predicted molar refractivity (Wildman–Crippen MR) is 133 cm³/mol. The van der Waals surface area contributed by atoms with E-state index in [-0.39, 0.29) is 24.5 Å². The lowest BCUT2D eigenvalue weighted by molar-refractivity contribution is -0.140. The Morgan fingerprint density at radius 1 is 1.15 bits per heavy atom. The molecule has 3 amide bonds. The molecule has 0 spiro atoms. The first-order chi connectivity index (χ1) is 15.5. The predicted octanol–water partition coefficient (Wildman–Crippen LogP) is 2.89. The molecule has 2 atom stereocenters. The number of hydrogen-bond acceptors (Lipinski definition) is 6. The zero-order chi connectivity index (χ0) is 24.6. The summed E-state index contributed by atoms with van der Waals surface area (Å²) in [6, 6.07) is -1.00. The lowest BCUT2D eigenvalue weighted by Crippen LogP contribution is -2.60. The highest BCUT2D eigenvalue weighted by atomic mass is 32.2. The van der Waals surface area contributed by atoms with Crippen molar-refractivity contribution in [2.45, 2.75) is 96.0 Å². The molecular formula is C24H44N4O4S. The van der Waals surface area contributed by atoms with E-state index in [9.17, 15) is 14.4 Å². The molecule has 4 N–H and O–H groups in total. The summed E-state index contributed by atoms with van der Waals surface area (Å²) in [5, 5.41) is 5.87. The quantitative estimate of drug-likeness (QED) is 0.439. The zero-order valence-electron chi connectivity index (χ0n) is 21.0. The molecule has 1 aliphatic carbocycles. The highest BCUT2D eigenvalue weighted by Gasteiger charge is 2.44. The van der Waals surface area contributed by atoms with Gasteiger partial charge in [0.1, 0.15) is 12.1 Å². The number of nitrogens with zero attached hydrogens (tertiary/aromatic N) is 1. The van der Waals surface area contributed by atoms with Crippen LogP contribution in [0.1, 0.15) is 73.1 Å². The number of carbonyl (C=O) groups is 3. The topological polar surface area (TPSA) is 114 Å². The average molecular weight is 485 g/mol. The molecule has 0 bridgehead atoms. The Hall–Kier alpha value is -1.48. The molecule has 1 heterocycles. The molecule has 1 saturated carbocycles. The van der Waals surface area contributed by atoms with Crippen LogP contribution < -0.4 is 16.4 Å². The molecule has 190 valence electrons. The third-order valence-corrected chi connectivity index (χ3v) is 8.38. The van der Waals surface area contributed by atoms with E-state index < -0.39 is 22.9 Å². The second-order valence-electron chi connectivity index (χ2n) is 10.3. The van der Waals surface area contributed by atoms with Gasteiger partial charge in [0.05, 0.1) is 6.61 Å². The van der Waals surface area contributed by atoms with E-state index in [4.69, 9.17) is 10.5 Å². The Labute approximate surface area is 203 Å². The van der Waals surface area contributed by atoms with Crippen LogP contribution in [0.25, 0.3) is 0 Å². The molecule has 0 aromatic carbocycles. The van der Waals surface area contributed by atoms with Gasteiger partial charge in [-0.15, -0.1) is 0 Å². The second kappa shape index (κ2) is 12.8. The van der Waals surface area contributed by atoms with E-state index in [1.807, 2.05) is 13.8 Å². The van der Waals surface area contributed by atoms with E-state index in [0.717, 1.165) is 37.9 Å². The summed E-state index contributed by atoms with van der Waals surface area (Å²) >= 11 is 1.65. The Bertz CT molecular complexity index is 665. The molecule has 1 saturated heterocycles. The molecule has 0 radical (unpaired) electrons. The Kier molecular flexibility index (Phi) is 10.8. The van der Waals surface area contributed by atoms with Crippen LogP contribution in [0.2, 0.25) is 0 Å². The fourth-order valence-electron chi connectivity index (χ4n) is 4.51. The first-order valence-electron chi connectivity index (χ1n) is 12.5. The molecular weight excluding hydrogens is 440 g/mol. The standard InChI is InChI=1S/C24H44N4O4S/c1-6-32-23(31)27-20(24(4,5)33-15-16(2)3)22(30)28-13-7-8-19(28)21(29)26-14-17-9-11-18(25)12-10-17/h16-20H,6-15,25H2,1-5H3,(H,26,29)(H,27,31). The van der Waals surface area contributed by atoms with E-state index >= 15 is 0 Å². The van der Waals surface area contributed by atoms with Crippen molar-refractivity contribution in [3.05, 3.63) is 0 Å². The van der Waals surface area contributed by atoms with Crippen molar-refractivity contribution in [2.75, 3.05) is 25.4 Å². The normalized spacial score (nSPS) is 24.5. The molecule has 2 aliphatic rings. The Morgan fingerprint density at radius 3 is 2.42 bits per heavy atom. The van der Waals surface area contributed by atoms with Crippen LogP contribution in [-0.2, 0) is 14.3 Å². The second-order valence-corrected chi connectivity index (χ2v) is 12.0. The van der Waals surface area contributed by atoms with Gasteiger partial charge in [-0.05, 0) is 76.9 Å². The van der Waals surface area contributed by atoms with Crippen LogP contribution >= 0.6 is 11.8 Å². The van der Waals surface area contributed by atoms with Crippen LogP contribution in [-0.4, -0.2) is 71.1 Å². The minimum atomic E-state index is -0.784. The van der Waals surface area contributed by atoms with Gasteiger partial charge in [-0.3, -0.25) is 9.59 Å². The van der Waals surface area contributed by atoms with Crippen LogP contribution in [0.5, 0.6) is 0 Å². The van der Waals surface area contributed by atoms with E-state index in [0.29, 0.717) is 31.3 Å². The molecule has 9 heteroatoms. The van der Waals surface area contributed by atoms with Crippen LogP contribution in [0.3, 0.4) is 0 Å². The molecule has 1 aliphatic heterocycles. The summed E-state index contributed by atoms with van der Waals surface area (Å²) in [5.41, 5.74) is 5.99. The lowest BCUT2D eigenvalue weighted by Gasteiger charge is -2.37. The summed E-state index contributed by atoms with van der Waals surface area (Å²) < 4.78 is 4.52. The van der Waals surface area contributed by atoms with Gasteiger partial charge in [-0.25, -0.2) is 4.79 Å². The maximum absolute atomic E-state index is 13.7. The largest absolute Gasteiger partial charge is 0.450 e. The molecule has 8 nitrogen and oxygen atoms in total. The van der Waals surface area contributed by atoms with E-state index in [1.54, 1.807) is 23.6 Å². The van der Waals surface area contributed by atoms with Crippen LogP contribution in [0, 0.1) is 11.8 Å². The number of alkyl carbamates (subject to hydrolysis) is 1. The summed E-state index contributed by atoms with van der Waals surface area (Å²) in [7, 11) is 0. The maximum atomic E-state index is 13.7. The number of rotatable bonds is 10. The van der Waals surface area contributed by atoms with E-state index in [1.165, 1.54) is 0 Å². The monoisotopic (exact) mass is 484 g/mol. The van der Waals surface area contributed by atoms with Crippen molar-refractivity contribution in [3.63, 3.8) is 0 Å². The third kappa shape index (κ3) is 8.35. The summed E-state index contributed by atoms with van der Waals surface area (Å²) in [6.45, 7) is 11.3. The Balaban J connectivity index is 2.07. The molecule has 2 unspecified atom stereocenters. The minimum Gasteiger partial charge on any atom is -0.450 e. The highest BCUT2D eigenvalue weighted by molar-refractivity contribution is 8.00. The van der Waals surface area contributed by atoms with Crippen molar-refractivity contribution in [1.29, 1.82) is 0 Å².